The number of hydrogen-bond acceptors (Lipinski definition) is 0. The molecular formula is C27H42BP2RuSi. The van der Waals surface area contributed by atoms with Gasteiger partial charge in [0.1, 0.15) is 0 Å². The Hall–Kier alpha value is -0.575. The smallest absolute Gasteiger partial charge is 0.233 e. The molecule has 0 aromatic heterocycles. The average Bonchev–Trinajstić information content (AvgIpc) is 2.69. The van der Waals surface area contributed by atoms with E-state index < -0.39 is 0 Å². The standard InChI is InChI=1S/C18H15B.2C3H9P.C3H9Si.Ru/c1-4-10-16(11-5-1)19(17-12-6-2-7-13-17)18-14-8-3-9-15-18;3*1-4(2)3;/h1-15H;3*1-3H3;/q-1;;;;+1. The van der Waals surface area contributed by atoms with Crippen LogP contribution in [-0.4, -0.2) is 55.5 Å². The summed E-state index contributed by atoms with van der Waals surface area (Å²) < 4.78 is 0. The summed E-state index contributed by atoms with van der Waals surface area (Å²) in [4.78, 5) is 0. The molecular weight excluding hydrogens is 526 g/mol. The van der Waals surface area contributed by atoms with Gasteiger partial charge >= 0.3 is 19.5 Å². The van der Waals surface area contributed by atoms with E-state index in [9.17, 15) is 0 Å². The fourth-order valence-corrected chi connectivity index (χ4v) is 2.51. The summed E-state index contributed by atoms with van der Waals surface area (Å²) in [6, 6.07) is 32.0. The largest absolute Gasteiger partial charge is 1.00 e. The molecule has 0 unspecified atom stereocenters. The maximum atomic E-state index is 2.27. The van der Waals surface area contributed by atoms with Gasteiger partial charge < -0.3 is 0 Å². The van der Waals surface area contributed by atoms with Crippen LogP contribution in [0.2, 0.25) is 19.6 Å². The first-order valence-corrected chi connectivity index (χ1v) is 19.1. The molecule has 0 aliphatic heterocycles. The van der Waals surface area contributed by atoms with Crippen LogP contribution in [0.4, 0.5) is 0 Å². The van der Waals surface area contributed by atoms with Gasteiger partial charge in [0.15, 0.2) is 0 Å². The summed E-state index contributed by atoms with van der Waals surface area (Å²) in [5, 5.41) is 0. The molecule has 3 aromatic rings. The second-order valence-electron chi connectivity index (χ2n) is 8.85. The molecule has 32 heavy (non-hydrogen) atoms. The van der Waals surface area contributed by atoms with Crippen LogP contribution in [0.5, 0.6) is 0 Å². The van der Waals surface area contributed by atoms with Gasteiger partial charge in [-0.3, -0.25) is 0 Å². The molecule has 0 fully saturated rings. The van der Waals surface area contributed by atoms with Crippen molar-refractivity contribution in [2.75, 3.05) is 40.0 Å². The average molecular weight is 569 g/mol. The summed E-state index contributed by atoms with van der Waals surface area (Å²) in [7, 11) is 0.880. The van der Waals surface area contributed by atoms with Crippen LogP contribution in [0.1, 0.15) is 0 Å². The molecule has 0 heterocycles. The van der Waals surface area contributed by atoms with Crippen LogP contribution in [0.25, 0.3) is 0 Å². The zero-order valence-electron chi connectivity index (χ0n) is 21.5. The Morgan fingerprint density at radius 3 is 0.781 bits per heavy atom. The summed E-state index contributed by atoms with van der Waals surface area (Å²) in [5.74, 6) is 0. The van der Waals surface area contributed by atoms with Crippen LogP contribution in [0, 0.1) is 0 Å². The topological polar surface area (TPSA) is 0 Å². The predicted octanol–water partition coefficient (Wildman–Crippen LogP) is 6.29. The van der Waals surface area contributed by atoms with E-state index in [0.717, 1.165) is 0 Å². The van der Waals surface area contributed by atoms with E-state index >= 15 is 0 Å². The molecule has 0 amide bonds. The minimum absolute atomic E-state index is 0. The van der Waals surface area contributed by atoms with Gasteiger partial charge in [-0.1, -0.05) is 111 Å². The van der Waals surface area contributed by atoms with Gasteiger partial charge in [-0.25, -0.2) is 16.4 Å². The number of hydrogen-bond donors (Lipinski definition) is 0. The number of rotatable bonds is 3. The van der Waals surface area contributed by atoms with Gasteiger partial charge in [-0.2, -0.15) is 0 Å². The van der Waals surface area contributed by atoms with E-state index in [2.05, 4.69) is 151 Å². The summed E-state index contributed by atoms with van der Waals surface area (Å²) in [6.07, 6.45) is 0. The van der Waals surface area contributed by atoms with Crippen LogP contribution >= 0.6 is 15.8 Å². The van der Waals surface area contributed by atoms with Crippen molar-refractivity contribution in [3.05, 3.63) is 91.0 Å². The van der Waals surface area contributed by atoms with Gasteiger partial charge in [-0.15, -0.1) is 15.8 Å². The normalized spacial score (nSPS) is 9.66. The maximum absolute atomic E-state index is 2.27. The third-order valence-electron chi connectivity index (χ3n) is 3.40. The molecule has 0 aliphatic rings. The molecule has 5 heteroatoms. The molecule has 3 radical (unpaired) electrons. The molecule has 0 aliphatic carbocycles. The van der Waals surface area contributed by atoms with Crippen molar-refractivity contribution >= 4 is 47.7 Å². The molecule has 0 bridgehead atoms. The molecule has 0 saturated carbocycles. The Balaban J connectivity index is 0. The summed E-state index contributed by atoms with van der Waals surface area (Å²) >= 11 is 0. The van der Waals surface area contributed by atoms with E-state index in [1.807, 2.05) is 0 Å². The third kappa shape index (κ3) is 18.9. The molecule has 3 rings (SSSR count). The Kier molecular flexibility index (Phi) is 22.0. The van der Waals surface area contributed by atoms with Gasteiger partial charge in [0.25, 0.3) is 0 Å². The first kappa shape index (κ1) is 33.6. The second-order valence-corrected chi connectivity index (χ2v) is 17.2. The molecule has 0 saturated heterocycles. The molecule has 175 valence electrons. The molecule has 3 aromatic carbocycles. The van der Waals surface area contributed by atoms with Crippen molar-refractivity contribution in [2.45, 2.75) is 19.6 Å². The van der Waals surface area contributed by atoms with Crippen molar-refractivity contribution in [3.8, 4) is 0 Å². The Morgan fingerprint density at radius 1 is 0.469 bits per heavy atom. The van der Waals surface area contributed by atoms with Crippen molar-refractivity contribution < 1.29 is 19.5 Å². The van der Waals surface area contributed by atoms with E-state index in [4.69, 9.17) is 0 Å². The van der Waals surface area contributed by atoms with E-state index in [1.165, 1.54) is 16.4 Å². The quantitative estimate of drug-likeness (QED) is 0.258. The van der Waals surface area contributed by atoms with E-state index in [-0.39, 0.29) is 28.3 Å². The Bertz CT molecular complexity index is 653. The van der Waals surface area contributed by atoms with Crippen molar-refractivity contribution in [1.82, 2.24) is 0 Å². The zero-order valence-corrected chi connectivity index (χ0v) is 26.0. The van der Waals surface area contributed by atoms with Crippen LogP contribution in [0.15, 0.2) is 91.0 Å². The predicted molar refractivity (Wildman–Crippen MR) is 157 cm³/mol. The first-order chi connectivity index (χ1) is 14.6. The SMILES string of the molecule is CP(C)C.CP(C)C.C[Si](C)C.[Ru+].c1ccc([B-](c2ccccc2)c2ccccc2)cc1. The fourth-order valence-electron chi connectivity index (χ4n) is 2.51. The van der Waals surface area contributed by atoms with Crippen LogP contribution < -0.4 is 16.4 Å². The first-order valence-electron chi connectivity index (χ1n) is 10.8. The molecule has 0 atom stereocenters. The van der Waals surface area contributed by atoms with Gasteiger partial charge in [0.05, 0.1) is 0 Å². The van der Waals surface area contributed by atoms with E-state index in [1.54, 1.807) is 0 Å². The zero-order chi connectivity index (χ0) is 23.6. The van der Waals surface area contributed by atoms with Crippen molar-refractivity contribution in [2.24, 2.45) is 0 Å². The Labute approximate surface area is 217 Å². The minimum Gasteiger partial charge on any atom is -0.233 e. The van der Waals surface area contributed by atoms with Crippen molar-refractivity contribution in [1.29, 1.82) is 0 Å². The third-order valence-corrected chi connectivity index (χ3v) is 3.40. The van der Waals surface area contributed by atoms with Crippen LogP contribution in [0.3, 0.4) is 0 Å². The Morgan fingerprint density at radius 2 is 0.625 bits per heavy atom. The van der Waals surface area contributed by atoms with Crippen LogP contribution in [-0.2, 0) is 19.5 Å². The summed E-state index contributed by atoms with van der Waals surface area (Å²) in [5.41, 5.74) is 4.00. The van der Waals surface area contributed by atoms with Gasteiger partial charge in [0.2, 0.25) is 0 Å². The van der Waals surface area contributed by atoms with Crippen molar-refractivity contribution in [3.63, 3.8) is 0 Å². The summed E-state index contributed by atoms with van der Waals surface area (Å²) in [6.45, 7) is 20.5. The fraction of sp³-hybridized carbons (Fsp3) is 0.333. The van der Waals surface area contributed by atoms with Gasteiger partial charge in [0, 0.05) is 8.80 Å². The maximum Gasteiger partial charge on any atom is 1.00 e. The monoisotopic (exact) mass is 569 g/mol. The molecule has 0 nitrogen and oxygen atoms in total. The van der Waals surface area contributed by atoms with E-state index in [0.29, 0.717) is 22.6 Å². The van der Waals surface area contributed by atoms with Gasteiger partial charge in [-0.05, 0) is 46.7 Å². The molecule has 0 N–H and O–H groups in total. The minimum atomic E-state index is 0. The molecule has 0 spiro atoms. The second kappa shape index (κ2) is 21.0. The number of benzene rings is 3.